The lowest BCUT2D eigenvalue weighted by atomic mass is 9.78. The molecule has 100 valence electrons. The molecule has 3 nitrogen and oxygen atoms in total. The molecule has 3 heteroatoms. The van der Waals surface area contributed by atoms with Crippen LogP contribution in [-0.4, -0.2) is 23.2 Å². The van der Waals surface area contributed by atoms with Crippen LogP contribution < -0.4 is 5.32 Å². The van der Waals surface area contributed by atoms with Crippen molar-refractivity contribution in [3.8, 4) is 11.8 Å². The number of carbonyl (C=O) groups excluding carboxylic acids is 1. The van der Waals surface area contributed by atoms with Crippen LogP contribution >= 0.6 is 0 Å². The van der Waals surface area contributed by atoms with Crippen LogP contribution in [0.4, 0.5) is 0 Å². The van der Waals surface area contributed by atoms with Gasteiger partial charge in [0.2, 0.25) is 0 Å². The van der Waals surface area contributed by atoms with E-state index in [0.29, 0.717) is 5.56 Å². The van der Waals surface area contributed by atoms with Gasteiger partial charge in [-0.3, -0.25) is 4.79 Å². The van der Waals surface area contributed by atoms with E-state index in [1.54, 1.807) is 6.07 Å². The predicted octanol–water partition coefficient (Wildman–Crippen LogP) is 2.01. The van der Waals surface area contributed by atoms with Crippen molar-refractivity contribution in [2.75, 3.05) is 6.61 Å². The van der Waals surface area contributed by atoms with E-state index in [0.717, 1.165) is 24.0 Å². The Hall–Kier alpha value is -1.79. The van der Waals surface area contributed by atoms with Crippen molar-refractivity contribution < 1.29 is 9.90 Å². The van der Waals surface area contributed by atoms with E-state index in [-0.39, 0.29) is 18.1 Å². The lowest BCUT2D eigenvalue weighted by Crippen LogP contribution is -2.50. The van der Waals surface area contributed by atoms with Gasteiger partial charge in [-0.05, 0) is 50.8 Å². The normalized spacial score (nSPS) is 15.9. The number of hydrogen-bond acceptors (Lipinski definition) is 2. The number of benzene rings is 1. The third-order valence-corrected chi connectivity index (χ3v) is 3.67. The quantitative estimate of drug-likeness (QED) is 0.796. The zero-order chi connectivity index (χ0) is 13.9. The summed E-state index contributed by atoms with van der Waals surface area (Å²) in [5.41, 5.74) is 2.38. The van der Waals surface area contributed by atoms with Crippen LogP contribution in [0.5, 0.6) is 0 Å². The van der Waals surface area contributed by atoms with Crippen LogP contribution in [0.25, 0.3) is 0 Å². The minimum absolute atomic E-state index is 0.0427. The van der Waals surface area contributed by atoms with Crippen molar-refractivity contribution in [3.05, 3.63) is 34.9 Å². The minimum atomic E-state index is -0.173. The Morgan fingerprint density at radius 1 is 1.47 bits per heavy atom. The predicted molar refractivity (Wildman–Crippen MR) is 74.9 cm³/mol. The molecule has 1 aromatic rings. The first-order valence-electron chi connectivity index (χ1n) is 6.57. The standard InChI is InChI=1S/C16H19NO2/c1-12-6-7-14(11-13(12)5-3-10-18)15(19)17-16(2)8-4-9-16/h6-7,11,18H,4,8-10H2,1-2H3,(H,17,19). The number of carbonyl (C=O) groups is 1. The lowest BCUT2D eigenvalue weighted by molar-refractivity contribution is 0.0850. The number of rotatable bonds is 2. The van der Waals surface area contributed by atoms with Crippen LogP contribution in [0.1, 0.15) is 47.7 Å². The number of aliphatic hydroxyl groups excluding tert-OH is 1. The van der Waals surface area contributed by atoms with E-state index < -0.39 is 0 Å². The monoisotopic (exact) mass is 257 g/mol. The molecular formula is C16H19NO2. The van der Waals surface area contributed by atoms with Crippen LogP contribution in [0.15, 0.2) is 18.2 Å². The summed E-state index contributed by atoms with van der Waals surface area (Å²) in [7, 11) is 0. The molecule has 19 heavy (non-hydrogen) atoms. The van der Waals surface area contributed by atoms with E-state index in [1.165, 1.54) is 6.42 Å². The van der Waals surface area contributed by atoms with Crippen LogP contribution in [0, 0.1) is 18.8 Å². The van der Waals surface area contributed by atoms with Gasteiger partial charge in [0.1, 0.15) is 6.61 Å². The first-order valence-corrected chi connectivity index (χ1v) is 6.57. The Labute approximate surface area is 114 Å². The Morgan fingerprint density at radius 3 is 2.79 bits per heavy atom. The number of nitrogens with one attached hydrogen (secondary N) is 1. The second kappa shape index (κ2) is 5.46. The van der Waals surface area contributed by atoms with E-state index in [1.807, 2.05) is 19.1 Å². The van der Waals surface area contributed by atoms with Crippen molar-refractivity contribution in [2.45, 2.75) is 38.6 Å². The molecule has 0 heterocycles. The molecule has 0 aromatic heterocycles. The molecule has 2 rings (SSSR count). The zero-order valence-corrected chi connectivity index (χ0v) is 11.4. The minimum Gasteiger partial charge on any atom is -0.384 e. The smallest absolute Gasteiger partial charge is 0.251 e. The van der Waals surface area contributed by atoms with Gasteiger partial charge in [0.15, 0.2) is 0 Å². The molecule has 2 N–H and O–H groups in total. The van der Waals surface area contributed by atoms with Crippen molar-refractivity contribution in [3.63, 3.8) is 0 Å². The zero-order valence-electron chi connectivity index (χ0n) is 11.4. The van der Waals surface area contributed by atoms with E-state index in [4.69, 9.17) is 5.11 Å². The topological polar surface area (TPSA) is 49.3 Å². The summed E-state index contributed by atoms with van der Waals surface area (Å²) in [5.74, 6) is 5.44. The van der Waals surface area contributed by atoms with Gasteiger partial charge in [-0.2, -0.15) is 0 Å². The molecule has 1 fully saturated rings. The molecule has 1 saturated carbocycles. The largest absolute Gasteiger partial charge is 0.384 e. The van der Waals surface area contributed by atoms with E-state index in [9.17, 15) is 4.79 Å². The lowest BCUT2D eigenvalue weighted by Gasteiger charge is -2.39. The van der Waals surface area contributed by atoms with E-state index >= 15 is 0 Å². The second-order valence-electron chi connectivity index (χ2n) is 5.36. The Kier molecular flexibility index (Phi) is 3.92. The second-order valence-corrected chi connectivity index (χ2v) is 5.36. The highest BCUT2D eigenvalue weighted by molar-refractivity contribution is 5.95. The summed E-state index contributed by atoms with van der Waals surface area (Å²) >= 11 is 0. The number of aliphatic hydroxyl groups is 1. The van der Waals surface area contributed by atoms with Crippen molar-refractivity contribution in [2.24, 2.45) is 0 Å². The molecule has 1 amide bonds. The van der Waals surface area contributed by atoms with Gasteiger partial charge < -0.3 is 10.4 Å². The summed E-state index contributed by atoms with van der Waals surface area (Å²) in [6.07, 6.45) is 3.27. The highest BCUT2D eigenvalue weighted by Gasteiger charge is 2.33. The first kappa shape index (κ1) is 13.6. The fourth-order valence-electron chi connectivity index (χ4n) is 2.21. The Morgan fingerprint density at radius 2 is 2.21 bits per heavy atom. The molecule has 0 bridgehead atoms. The summed E-state index contributed by atoms with van der Waals surface area (Å²) in [5, 5.41) is 11.8. The average Bonchev–Trinajstić information content (AvgIpc) is 2.35. The van der Waals surface area contributed by atoms with Gasteiger partial charge in [0.05, 0.1) is 0 Å². The van der Waals surface area contributed by atoms with Crippen LogP contribution in [0.3, 0.4) is 0 Å². The fraction of sp³-hybridized carbons (Fsp3) is 0.438. The molecule has 1 aliphatic rings. The van der Waals surface area contributed by atoms with Crippen molar-refractivity contribution in [1.82, 2.24) is 5.32 Å². The summed E-state index contributed by atoms with van der Waals surface area (Å²) in [6, 6.07) is 5.49. The van der Waals surface area contributed by atoms with Gasteiger partial charge in [0, 0.05) is 16.7 Å². The molecule has 0 radical (unpaired) electrons. The molecule has 1 aromatic carbocycles. The number of aryl methyl sites for hydroxylation is 1. The molecule has 0 spiro atoms. The molecule has 0 unspecified atom stereocenters. The first-order chi connectivity index (χ1) is 9.04. The maximum Gasteiger partial charge on any atom is 0.251 e. The van der Waals surface area contributed by atoms with Gasteiger partial charge in [-0.15, -0.1) is 0 Å². The average molecular weight is 257 g/mol. The van der Waals surface area contributed by atoms with Crippen LogP contribution in [0.2, 0.25) is 0 Å². The molecule has 0 aliphatic heterocycles. The van der Waals surface area contributed by atoms with Gasteiger partial charge in [-0.1, -0.05) is 17.9 Å². The third kappa shape index (κ3) is 3.15. The van der Waals surface area contributed by atoms with Gasteiger partial charge >= 0.3 is 0 Å². The summed E-state index contributed by atoms with van der Waals surface area (Å²) in [4.78, 5) is 12.2. The fourth-order valence-corrected chi connectivity index (χ4v) is 2.21. The third-order valence-electron chi connectivity index (χ3n) is 3.67. The molecule has 0 saturated heterocycles. The molecular weight excluding hydrogens is 238 g/mol. The molecule has 0 atom stereocenters. The Bertz CT molecular complexity index is 548. The number of hydrogen-bond donors (Lipinski definition) is 2. The van der Waals surface area contributed by atoms with Crippen molar-refractivity contribution >= 4 is 5.91 Å². The number of amides is 1. The van der Waals surface area contributed by atoms with Gasteiger partial charge in [0.25, 0.3) is 5.91 Å². The summed E-state index contributed by atoms with van der Waals surface area (Å²) in [6.45, 7) is 3.85. The van der Waals surface area contributed by atoms with E-state index in [2.05, 4.69) is 24.1 Å². The maximum absolute atomic E-state index is 12.2. The summed E-state index contributed by atoms with van der Waals surface area (Å²) < 4.78 is 0. The van der Waals surface area contributed by atoms with Crippen molar-refractivity contribution in [1.29, 1.82) is 0 Å². The SMILES string of the molecule is Cc1ccc(C(=O)NC2(C)CCC2)cc1C#CCO. The Balaban J connectivity index is 2.18. The van der Waals surface area contributed by atoms with Crippen LogP contribution in [-0.2, 0) is 0 Å². The maximum atomic E-state index is 12.2. The van der Waals surface area contributed by atoms with Gasteiger partial charge in [-0.25, -0.2) is 0 Å². The highest BCUT2D eigenvalue weighted by atomic mass is 16.2. The highest BCUT2D eigenvalue weighted by Crippen LogP contribution is 2.31. The molecule has 1 aliphatic carbocycles.